The van der Waals surface area contributed by atoms with Gasteiger partial charge in [-0.25, -0.2) is 0 Å². The van der Waals surface area contributed by atoms with Crippen molar-refractivity contribution < 1.29 is 0 Å². The highest BCUT2D eigenvalue weighted by molar-refractivity contribution is 7.80. The van der Waals surface area contributed by atoms with Crippen molar-refractivity contribution in [2.75, 3.05) is 39.0 Å². The Hall–Kier alpha value is 0.270. The van der Waals surface area contributed by atoms with Crippen LogP contribution < -0.4 is 0 Å². The maximum absolute atomic E-state index is 4.44. The molecule has 1 aliphatic rings. The highest BCUT2D eigenvalue weighted by atomic mass is 32.1. The molecule has 0 N–H and O–H groups in total. The summed E-state index contributed by atoms with van der Waals surface area (Å²) in [6.45, 7) is 9.45. The summed E-state index contributed by atoms with van der Waals surface area (Å²) in [6, 6.07) is 0.663. The fourth-order valence-corrected chi connectivity index (χ4v) is 2.29. The van der Waals surface area contributed by atoms with Gasteiger partial charge in [0, 0.05) is 31.4 Å². The smallest absolute Gasteiger partial charge is 0.0311 e. The van der Waals surface area contributed by atoms with E-state index in [1.165, 1.54) is 32.6 Å². The number of likely N-dealkylation sites (N-methyl/N-ethyl adjacent to an activating group) is 1. The lowest BCUT2D eigenvalue weighted by Gasteiger charge is -2.39. The molecule has 0 aliphatic carbocycles. The van der Waals surface area contributed by atoms with Gasteiger partial charge in [-0.2, -0.15) is 12.6 Å². The first-order valence-corrected chi connectivity index (χ1v) is 6.30. The van der Waals surface area contributed by atoms with Crippen molar-refractivity contribution in [3.8, 4) is 0 Å². The van der Waals surface area contributed by atoms with Gasteiger partial charge in [0.1, 0.15) is 0 Å². The van der Waals surface area contributed by atoms with Gasteiger partial charge in [0.2, 0.25) is 0 Å². The lowest BCUT2D eigenvalue weighted by atomic mass is 10.1. The molecule has 0 amide bonds. The van der Waals surface area contributed by atoms with Crippen LogP contribution >= 0.6 is 12.6 Å². The minimum atomic E-state index is 0.663. The zero-order chi connectivity index (χ0) is 10.6. The van der Waals surface area contributed by atoms with E-state index in [0.29, 0.717) is 6.04 Å². The summed E-state index contributed by atoms with van der Waals surface area (Å²) in [7, 11) is 2.20. The molecule has 0 aromatic heterocycles. The molecule has 1 fully saturated rings. The molecule has 0 bridgehead atoms. The van der Waals surface area contributed by atoms with Crippen molar-refractivity contribution in [1.82, 2.24) is 9.80 Å². The summed E-state index contributed by atoms with van der Waals surface area (Å²) >= 11 is 4.44. The molecular weight excluding hydrogens is 192 g/mol. The monoisotopic (exact) mass is 216 g/mol. The van der Waals surface area contributed by atoms with Crippen LogP contribution in [0.5, 0.6) is 0 Å². The number of piperazine rings is 1. The van der Waals surface area contributed by atoms with Crippen LogP contribution in [0.2, 0.25) is 0 Å². The van der Waals surface area contributed by atoms with Gasteiger partial charge in [-0.15, -0.1) is 0 Å². The topological polar surface area (TPSA) is 6.48 Å². The van der Waals surface area contributed by atoms with Gasteiger partial charge >= 0.3 is 0 Å². The van der Waals surface area contributed by atoms with E-state index in [1.54, 1.807) is 0 Å². The van der Waals surface area contributed by atoms with Gasteiger partial charge in [0.25, 0.3) is 0 Å². The van der Waals surface area contributed by atoms with Crippen molar-refractivity contribution in [2.45, 2.75) is 26.3 Å². The van der Waals surface area contributed by atoms with Crippen LogP contribution in [0.25, 0.3) is 0 Å². The van der Waals surface area contributed by atoms with Crippen LogP contribution in [0.3, 0.4) is 0 Å². The Morgan fingerprint density at radius 3 is 2.64 bits per heavy atom. The molecule has 0 aromatic rings. The van der Waals surface area contributed by atoms with Crippen LogP contribution in [0.15, 0.2) is 0 Å². The molecule has 3 heteroatoms. The second kappa shape index (κ2) is 5.99. The Balaban J connectivity index is 2.34. The molecule has 1 saturated heterocycles. The number of thiol groups is 1. The van der Waals surface area contributed by atoms with E-state index in [9.17, 15) is 0 Å². The number of nitrogens with zero attached hydrogens (tertiary/aromatic N) is 2. The third-order valence-corrected chi connectivity index (χ3v) is 3.43. The zero-order valence-electron chi connectivity index (χ0n) is 9.74. The second-order valence-corrected chi connectivity index (χ2v) is 5.18. The van der Waals surface area contributed by atoms with Gasteiger partial charge in [-0.05, 0) is 25.9 Å². The van der Waals surface area contributed by atoms with Crippen molar-refractivity contribution in [2.24, 2.45) is 5.92 Å². The molecule has 1 heterocycles. The minimum Gasteiger partial charge on any atom is -0.304 e. The quantitative estimate of drug-likeness (QED) is 0.713. The van der Waals surface area contributed by atoms with E-state index in [1.807, 2.05) is 0 Å². The van der Waals surface area contributed by atoms with E-state index in [-0.39, 0.29) is 0 Å². The number of rotatable bonds is 4. The maximum atomic E-state index is 4.44. The van der Waals surface area contributed by atoms with Crippen LogP contribution in [0, 0.1) is 5.92 Å². The summed E-state index contributed by atoms with van der Waals surface area (Å²) in [5, 5.41) is 0. The van der Waals surface area contributed by atoms with E-state index < -0.39 is 0 Å². The first kappa shape index (κ1) is 12.3. The summed E-state index contributed by atoms with van der Waals surface area (Å²) in [4.78, 5) is 5.01. The Labute approximate surface area is 94.1 Å². The third-order valence-electron chi connectivity index (χ3n) is 3.01. The lowest BCUT2D eigenvalue weighted by Crippen LogP contribution is -2.53. The highest BCUT2D eigenvalue weighted by Crippen LogP contribution is 2.12. The van der Waals surface area contributed by atoms with Crippen LogP contribution in [0.1, 0.15) is 20.3 Å². The van der Waals surface area contributed by atoms with Crippen LogP contribution in [-0.2, 0) is 0 Å². The van der Waals surface area contributed by atoms with Gasteiger partial charge in [0.05, 0.1) is 0 Å². The Morgan fingerprint density at radius 2 is 2.07 bits per heavy atom. The van der Waals surface area contributed by atoms with Crippen molar-refractivity contribution >= 4 is 12.6 Å². The normalized spacial score (nSPS) is 25.9. The lowest BCUT2D eigenvalue weighted by molar-refractivity contribution is 0.0985. The molecule has 84 valence electrons. The molecule has 1 rings (SSSR count). The van der Waals surface area contributed by atoms with E-state index >= 15 is 0 Å². The second-order valence-electron chi connectivity index (χ2n) is 4.82. The van der Waals surface area contributed by atoms with Crippen molar-refractivity contribution in [1.29, 1.82) is 0 Å². The van der Waals surface area contributed by atoms with E-state index in [2.05, 4.69) is 43.3 Å². The van der Waals surface area contributed by atoms with Crippen LogP contribution in [-0.4, -0.2) is 54.8 Å². The number of hydrogen-bond donors (Lipinski definition) is 1. The summed E-state index contributed by atoms with van der Waals surface area (Å²) in [5.41, 5.74) is 0. The molecule has 0 radical (unpaired) electrons. The first-order valence-electron chi connectivity index (χ1n) is 5.67. The summed E-state index contributed by atoms with van der Waals surface area (Å²) in [5.74, 6) is 1.80. The largest absolute Gasteiger partial charge is 0.304 e. The van der Waals surface area contributed by atoms with Crippen molar-refractivity contribution in [3.63, 3.8) is 0 Å². The number of hydrogen-bond acceptors (Lipinski definition) is 3. The SMILES string of the molecule is CC(C)CCN1CCN(C)CC1CS. The third kappa shape index (κ3) is 3.79. The molecule has 1 unspecified atom stereocenters. The molecular formula is C11H24N2S. The van der Waals surface area contributed by atoms with Gasteiger partial charge in [-0.3, -0.25) is 4.90 Å². The maximum Gasteiger partial charge on any atom is 0.0311 e. The molecule has 1 atom stereocenters. The molecule has 1 aliphatic heterocycles. The fourth-order valence-electron chi connectivity index (χ4n) is 1.94. The minimum absolute atomic E-state index is 0.663. The Bertz CT molecular complexity index is 161. The van der Waals surface area contributed by atoms with Gasteiger partial charge in [0.15, 0.2) is 0 Å². The molecule has 0 spiro atoms. The zero-order valence-corrected chi connectivity index (χ0v) is 10.6. The first-order chi connectivity index (χ1) is 6.63. The summed E-state index contributed by atoms with van der Waals surface area (Å²) < 4.78 is 0. The predicted molar refractivity (Wildman–Crippen MR) is 66.2 cm³/mol. The van der Waals surface area contributed by atoms with E-state index in [4.69, 9.17) is 0 Å². The standard InChI is InChI=1S/C11H24N2S/c1-10(2)4-5-13-7-6-12(3)8-11(13)9-14/h10-11,14H,4-9H2,1-3H3. The van der Waals surface area contributed by atoms with Crippen LogP contribution in [0.4, 0.5) is 0 Å². The Kier molecular flexibility index (Phi) is 5.28. The fraction of sp³-hybridized carbons (Fsp3) is 1.00. The highest BCUT2D eigenvalue weighted by Gasteiger charge is 2.23. The van der Waals surface area contributed by atoms with Gasteiger partial charge < -0.3 is 4.90 Å². The van der Waals surface area contributed by atoms with Gasteiger partial charge in [-0.1, -0.05) is 13.8 Å². The average Bonchev–Trinajstić information content (AvgIpc) is 2.15. The molecule has 14 heavy (non-hydrogen) atoms. The predicted octanol–water partition coefficient (Wildman–Crippen LogP) is 1.58. The van der Waals surface area contributed by atoms with E-state index in [0.717, 1.165) is 11.7 Å². The molecule has 2 nitrogen and oxygen atoms in total. The molecule has 0 aromatic carbocycles. The Morgan fingerprint density at radius 1 is 1.36 bits per heavy atom. The summed E-state index contributed by atoms with van der Waals surface area (Å²) in [6.07, 6.45) is 1.31. The average molecular weight is 216 g/mol. The molecule has 0 saturated carbocycles. The van der Waals surface area contributed by atoms with Crippen molar-refractivity contribution in [3.05, 3.63) is 0 Å².